The molecule has 2 aromatic heterocycles. The van der Waals surface area contributed by atoms with Crippen LogP contribution >= 0.6 is 0 Å². The highest BCUT2D eigenvalue weighted by molar-refractivity contribution is 5.89. The average molecular weight is 350 g/mol. The van der Waals surface area contributed by atoms with Gasteiger partial charge in [0.15, 0.2) is 0 Å². The van der Waals surface area contributed by atoms with Crippen molar-refractivity contribution in [1.29, 1.82) is 0 Å². The Labute approximate surface area is 151 Å². The van der Waals surface area contributed by atoms with E-state index in [4.69, 9.17) is 0 Å². The summed E-state index contributed by atoms with van der Waals surface area (Å²) in [5, 5.41) is 8.80. The Morgan fingerprint density at radius 2 is 1.88 bits per heavy atom. The van der Waals surface area contributed by atoms with E-state index in [1.165, 1.54) is 4.68 Å². The average Bonchev–Trinajstić information content (AvgIpc) is 3.41. The van der Waals surface area contributed by atoms with Gasteiger partial charge in [0.05, 0.1) is 17.3 Å². The van der Waals surface area contributed by atoms with E-state index in [9.17, 15) is 9.59 Å². The summed E-state index contributed by atoms with van der Waals surface area (Å²) >= 11 is 0. The van der Waals surface area contributed by atoms with Crippen LogP contribution in [0.4, 0.5) is 0 Å². The maximum absolute atomic E-state index is 13.1. The Kier molecular flexibility index (Phi) is 3.90. The van der Waals surface area contributed by atoms with Gasteiger partial charge in [-0.15, -0.1) is 0 Å². The zero-order valence-electron chi connectivity index (χ0n) is 15.2. The number of carbonyl (C=O) groups excluding carboxylic acids is 1. The number of nitrogens with zero attached hydrogens (tertiary/aromatic N) is 3. The number of rotatable bonds is 4. The SMILES string of the molecule is Cc1c2cnn(-c3ccccc3)c(=O)c2c(C)n1[C@H](C)C(=O)NC1CC1. The summed E-state index contributed by atoms with van der Waals surface area (Å²) in [6, 6.07) is 9.30. The van der Waals surface area contributed by atoms with Crippen molar-refractivity contribution in [3.05, 3.63) is 58.3 Å². The van der Waals surface area contributed by atoms with Gasteiger partial charge < -0.3 is 9.88 Å². The lowest BCUT2D eigenvalue weighted by atomic mass is 10.2. The highest BCUT2D eigenvalue weighted by Crippen LogP contribution is 2.27. The minimum atomic E-state index is -0.368. The number of para-hydroxylation sites is 1. The van der Waals surface area contributed by atoms with E-state index in [2.05, 4.69) is 10.4 Å². The first-order valence-corrected chi connectivity index (χ1v) is 8.94. The van der Waals surface area contributed by atoms with Gasteiger partial charge in [-0.3, -0.25) is 9.59 Å². The molecule has 0 saturated heterocycles. The van der Waals surface area contributed by atoms with Gasteiger partial charge in [-0.1, -0.05) is 18.2 Å². The number of hydrogen-bond donors (Lipinski definition) is 1. The number of hydrogen-bond acceptors (Lipinski definition) is 3. The molecule has 1 aromatic carbocycles. The fraction of sp³-hybridized carbons (Fsp3) is 0.350. The summed E-state index contributed by atoms with van der Waals surface area (Å²) in [4.78, 5) is 25.6. The number of aryl methyl sites for hydroxylation is 2. The summed E-state index contributed by atoms with van der Waals surface area (Å²) in [6.45, 7) is 5.71. The molecule has 2 heterocycles. The molecule has 1 aliphatic rings. The largest absolute Gasteiger partial charge is 0.352 e. The summed E-state index contributed by atoms with van der Waals surface area (Å²) in [7, 11) is 0. The fourth-order valence-electron chi connectivity index (χ4n) is 3.58. The third-order valence-corrected chi connectivity index (χ3v) is 5.14. The van der Waals surface area contributed by atoms with Gasteiger partial charge in [0.1, 0.15) is 6.04 Å². The molecule has 0 unspecified atom stereocenters. The molecule has 1 N–H and O–H groups in total. The predicted octanol–water partition coefficient (Wildman–Crippen LogP) is 2.64. The quantitative estimate of drug-likeness (QED) is 0.786. The molecule has 1 aliphatic carbocycles. The van der Waals surface area contributed by atoms with Crippen LogP contribution in [0, 0.1) is 13.8 Å². The van der Waals surface area contributed by atoms with Crippen molar-refractivity contribution in [3.8, 4) is 5.69 Å². The number of nitrogens with one attached hydrogen (secondary N) is 1. The van der Waals surface area contributed by atoms with Crippen LogP contribution in [-0.4, -0.2) is 26.3 Å². The second kappa shape index (κ2) is 6.12. The van der Waals surface area contributed by atoms with Gasteiger partial charge in [-0.2, -0.15) is 9.78 Å². The predicted molar refractivity (Wildman–Crippen MR) is 101 cm³/mol. The number of benzene rings is 1. The first-order valence-electron chi connectivity index (χ1n) is 8.94. The molecule has 6 nitrogen and oxygen atoms in total. The Balaban J connectivity index is 1.85. The lowest BCUT2D eigenvalue weighted by Gasteiger charge is -2.17. The molecule has 1 atom stereocenters. The number of amides is 1. The molecule has 1 fully saturated rings. The van der Waals surface area contributed by atoms with Gasteiger partial charge >= 0.3 is 0 Å². The van der Waals surface area contributed by atoms with Crippen LogP contribution in [0.5, 0.6) is 0 Å². The molecule has 0 aliphatic heterocycles. The monoisotopic (exact) mass is 350 g/mol. The maximum Gasteiger partial charge on any atom is 0.281 e. The summed E-state index contributed by atoms with van der Waals surface area (Å²) in [5.41, 5.74) is 2.25. The molecule has 26 heavy (non-hydrogen) atoms. The molecule has 134 valence electrons. The van der Waals surface area contributed by atoms with Gasteiger partial charge in [0, 0.05) is 22.8 Å². The molecule has 4 rings (SSSR count). The summed E-state index contributed by atoms with van der Waals surface area (Å²) in [5.74, 6) is -0.00431. The molecule has 6 heteroatoms. The van der Waals surface area contributed by atoms with Crippen LogP contribution in [0.1, 0.15) is 37.2 Å². The molecule has 1 amide bonds. The zero-order valence-corrected chi connectivity index (χ0v) is 15.2. The van der Waals surface area contributed by atoms with Crippen LogP contribution in [0.2, 0.25) is 0 Å². The van der Waals surface area contributed by atoms with E-state index < -0.39 is 0 Å². The van der Waals surface area contributed by atoms with Crippen molar-refractivity contribution in [3.63, 3.8) is 0 Å². The second-order valence-electron chi connectivity index (χ2n) is 6.99. The van der Waals surface area contributed by atoms with Crippen LogP contribution in [0.25, 0.3) is 16.5 Å². The van der Waals surface area contributed by atoms with E-state index >= 15 is 0 Å². The third kappa shape index (κ3) is 2.62. The Morgan fingerprint density at radius 3 is 2.54 bits per heavy atom. The number of fused-ring (bicyclic) bond motifs is 1. The van der Waals surface area contributed by atoms with Gasteiger partial charge in [0.25, 0.3) is 5.56 Å². The Hall–Kier alpha value is -2.89. The van der Waals surface area contributed by atoms with Crippen molar-refractivity contribution in [1.82, 2.24) is 19.7 Å². The minimum Gasteiger partial charge on any atom is -0.352 e. The van der Waals surface area contributed by atoms with Gasteiger partial charge in [-0.05, 0) is 45.7 Å². The van der Waals surface area contributed by atoms with Gasteiger partial charge in [-0.25, -0.2) is 0 Å². The van der Waals surface area contributed by atoms with Crippen LogP contribution < -0.4 is 10.9 Å². The van der Waals surface area contributed by atoms with E-state index in [1.807, 2.05) is 55.7 Å². The van der Waals surface area contributed by atoms with Crippen LogP contribution in [-0.2, 0) is 4.79 Å². The van der Waals surface area contributed by atoms with Crippen molar-refractivity contribution < 1.29 is 4.79 Å². The molecular weight excluding hydrogens is 328 g/mol. The normalized spacial score (nSPS) is 15.2. The number of aromatic nitrogens is 3. The lowest BCUT2D eigenvalue weighted by Crippen LogP contribution is -2.33. The minimum absolute atomic E-state index is 0.00431. The van der Waals surface area contributed by atoms with Gasteiger partial charge in [0.2, 0.25) is 5.91 Å². The molecule has 0 spiro atoms. The Morgan fingerprint density at radius 1 is 1.19 bits per heavy atom. The Bertz CT molecular complexity index is 1050. The van der Waals surface area contributed by atoms with Crippen LogP contribution in [0.15, 0.2) is 41.3 Å². The topological polar surface area (TPSA) is 68.9 Å². The smallest absolute Gasteiger partial charge is 0.281 e. The van der Waals surface area contributed by atoms with Crippen LogP contribution in [0.3, 0.4) is 0 Å². The molecule has 3 aromatic rings. The number of carbonyl (C=O) groups is 1. The lowest BCUT2D eigenvalue weighted by molar-refractivity contribution is -0.124. The van der Waals surface area contributed by atoms with Crippen molar-refractivity contribution in [2.45, 2.75) is 45.7 Å². The molecule has 0 bridgehead atoms. The van der Waals surface area contributed by atoms with Crippen molar-refractivity contribution in [2.75, 3.05) is 0 Å². The van der Waals surface area contributed by atoms with E-state index in [-0.39, 0.29) is 17.5 Å². The first-order chi connectivity index (χ1) is 12.5. The molecule has 1 saturated carbocycles. The van der Waals surface area contributed by atoms with Crippen molar-refractivity contribution >= 4 is 16.7 Å². The van der Waals surface area contributed by atoms with E-state index in [1.54, 1.807) is 6.20 Å². The molecule has 0 radical (unpaired) electrons. The van der Waals surface area contributed by atoms with E-state index in [0.717, 1.165) is 35.3 Å². The zero-order chi connectivity index (χ0) is 18.4. The fourth-order valence-corrected chi connectivity index (χ4v) is 3.58. The summed E-state index contributed by atoms with van der Waals surface area (Å²) in [6.07, 6.45) is 3.82. The third-order valence-electron chi connectivity index (χ3n) is 5.14. The standard InChI is InChI=1S/C20H22N4O2/c1-12-17-11-21-24(16-7-5-4-6-8-16)20(26)18(17)13(2)23(12)14(3)19(25)22-15-9-10-15/h4-8,11,14-15H,9-10H2,1-3H3,(H,22,25)/t14-/m1/s1. The highest BCUT2D eigenvalue weighted by atomic mass is 16.2. The highest BCUT2D eigenvalue weighted by Gasteiger charge is 2.28. The maximum atomic E-state index is 13.1. The second-order valence-corrected chi connectivity index (χ2v) is 6.99. The van der Waals surface area contributed by atoms with E-state index in [0.29, 0.717) is 11.4 Å². The molecular formula is C20H22N4O2. The summed E-state index contributed by atoms with van der Waals surface area (Å²) < 4.78 is 3.36. The first kappa shape index (κ1) is 16.6. The van der Waals surface area contributed by atoms with Crippen molar-refractivity contribution in [2.24, 2.45) is 0 Å².